The van der Waals surface area contributed by atoms with E-state index in [1.807, 2.05) is 55.7 Å². The van der Waals surface area contributed by atoms with Gasteiger partial charge in [0.15, 0.2) is 5.82 Å². The van der Waals surface area contributed by atoms with Crippen LogP contribution in [-0.2, 0) is 13.1 Å². The van der Waals surface area contributed by atoms with Crippen LogP contribution in [0, 0.1) is 13.8 Å². The fourth-order valence-corrected chi connectivity index (χ4v) is 2.93. The summed E-state index contributed by atoms with van der Waals surface area (Å²) in [5, 5.41) is 15.0. The molecule has 0 saturated carbocycles. The molecule has 0 bridgehead atoms. The van der Waals surface area contributed by atoms with Crippen molar-refractivity contribution < 1.29 is 4.79 Å². The molecule has 3 aromatic rings. The number of anilines is 1. The SMILES string of the molecule is Cc1nn(Cc2ccc(C(=O)Nc3cc(CN(C)C)[nH]n3)cc2)c(C)c1Cl. The summed E-state index contributed by atoms with van der Waals surface area (Å²) in [5.41, 5.74) is 4.30. The van der Waals surface area contributed by atoms with Gasteiger partial charge in [-0.2, -0.15) is 10.2 Å². The van der Waals surface area contributed by atoms with Crippen molar-refractivity contribution in [2.24, 2.45) is 0 Å². The van der Waals surface area contributed by atoms with Gasteiger partial charge in [0.2, 0.25) is 0 Å². The molecule has 2 aromatic heterocycles. The van der Waals surface area contributed by atoms with E-state index in [1.54, 1.807) is 12.1 Å². The molecule has 0 aliphatic carbocycles. The molecule has 0 aliphatic rings. The number of rotatable bonds is 6. The zero-order valence-electron chi connectivity index (χ0n) is 15.9. The summed E-state index contributed by atoms with van der Waals surface area (Å²) in [7, 11) is 3.95. The van der Waals surface area contributed by atoms with Crippen LogP contribution in [0.4, 0.5) is 5.82 Å². The lowest BCUT2D eigenvalue weighted by atomic mass is 10.1. The molecule has 1 amide bonds. The summed E-state index contributed by atoms with van der Waals surface area (Å²) < 4.78 is 1.86. The minimum absolute atomic E-state index is 0.196. The quantitative estimate of drug-likeness (QED) is 0.681. The molecule has 7 nitrogen and oxygen atoms in total. The number of carbonyl (C=O) groups excluding carboxylic acids is 1. The number of aryl methyl sites for hydroxylation is 1. The van der Waals surface area contributed by atoms with Gasteiger partial charge >= 0.3 is 0 Å². The van der Waals surface area contributed by atoms with E-state index in [2.05, 4.69) is 20.6 Å². The minimum Gasteiger partial charge on any atom is -0.305 e. The number of H-pyrrole nitrogens is 1. The summed E-state index contributed by atoms with van der Waals surface area (Å²) in [6.45, 7) is 5.17. The summed E-state index contributed by atoms with van der Waals surface area (Å²) >= 11 is 6.19. The van der Waals surface area contributed by atoms with Gasteiger partial charge < -0.3 is 10.2 Å². The lowest BCUT2D eigenvalue weighted by molar-refractivity contribution is 0.102. The van der Waals surface area contributed by atoms with E-state index in [9.17, 15) is 4.79 Å². The number of nitrogens with zero attached hydrogens (tertiary/aromatic N) is 4. The molecule has 1 aromatic carbocycles. The molecule has 0 aliphatic heterocycles. The zero-order valence-corrected chi connectivity index (χ0v) is 16.6. The Labute approximate surface area is 163 Å². The van der Waals surface area contributed by atoms with Gasteiger partial charge in [-0.05, 0) is 45.6 Å². The fraction of sp³-hybridized carbons (Fsp3) is 0.316. The van der Waals surface area contributed by atoms with Gasteiger partial charge in [0, 0.05) is 18.2 Å². The first-order valence-corrected chi connectivity index (χ1v) is 9.00. The lowest BCUT2D eigenvalue weighted by Crippen LogP contribution is -2.12. The maximum atomic E-state index is 12.4. The van der Waals surface area contributed by atoms with Crippen LogP contribution in [0.5, 0.6) is 0 Å². The number of benzene rings is 1. The van der Waals surface area contributed by atoms with Crippen LogP contribution >= 0.6 is 11.6 Å². The second-order valence-corrected chi connectivity index (χ2v) is 7.19. The lowest BCUT2D eigenvalue weighted by Gasteiger charge is -2.07. The summed E-state index contributed by atoms with van der Waals surface area (Å²) in [6.07, 6.45) is 0. The summed E-state index contributed by atoms with van der Waals surface area (Å²) in [6, 6.07) is 9.26. The second kappa shape index (κ2) is 7.94. The van der Waals surface area contributed by atoms with Crippen molar-refractivity contribution in [2.45, 2.75) is 26.9 Å². The molecular weight excluding hydrogens is 364 g/mol. The van der Waals surface area contributed by atoms with Crippen LogP contribution in [0.25, 0.3) is 0 Å². The number of halogens is 1. The Hall–Kier alpha value is -2.64. The van der Waals surface area contributed by atoms with Crippen molar-refractivity contribution in [2.75, 3.05) is 19.4 Å². The third-order valence-electron chi connectivity index (χ3n) is 4.20. The van der Waals surface area contributed by atoms with Crippen LogP contribution in [0.15, 0.2) is 30.3 Å². The first-order valence-electron chi connectivity index (χ1n) is 8.62. The third-order valence-corrected chi connectivity index (χ3v) is 4.75. The molecule has 0 spiro atoms. The maximum absolute atomic E-state index is 12.4. The molecule has 0 radical (unpaired) electrons. The average Bonchev–Trinajstić information content (AvgIpc) is 3.15. The largest absolute Gasteiger partial charge is 0.305 e. The van der Waals surface area contributed by atoms with E-state index < -0.39 is 0 Å². The van der Waals surface area contributed by atoms with Crippen molar-refractivity contribution in [3.05, 3.63) is 63.6 Å². The number of nitrogens with one attached hydrogen (secondary N) is 2. The predicted molar refractivity (Wildman–Crippen MR) is 106 cm³/mol. The molecule has 142 valence electrons. The number of carbonyl (C=O) groups is 1. The Kier molecular flexibility index (Phi) is 5.62. The molecule has 27 heavy (non-hydrogen) atoms. The first-order chi connectivity index (χ1) is 12.8. The van der Waals surface area contributed by atoms with E-state index in [0.29, 0.717) is 22.9 Å². The van der Waals surface area contributed by atoms with Gasteiger partial charge in [-0.15, -0.1) is 0 Å². The summed E-state index contributed by atoms with van der Waals surface area (Å²) in [5.74, 6) is 0.317. The van der Waals surface area contributed by atoms with Crippen LogP contribution in [0.1, 0.15) is 33.0 Å². The highest BCUT2D eigenvalue weighted by Gasteiger charge is 2.11. The van der Waals surface area contributed by atoms with Crippen molar-refractivity contribution in [1.82, 2.24) is 24.9 Å². The van der Waals surface area contributed by atoms with Crippen molar-refractivity contribution in [3.8, 4) is 0 Å². The van der Waals surface area contributed by atoms with Gasteiger partial charge in [-0.1, -0.05) is 23.7 Å². The third kappa shape index (κ3) is 4.56. The van der Waals surface area contributed by atoms with Crippen molar-refractivity contribution in [3.63, 3.8) is 0 Å². The smallest absolute Gasteiger partial charge is 0.256 e. The number of hydrogen-bond acceptors (Lipinski definition) is 4. The molecule has 3 rings (SSSR count). The number of aromatic nitrogens is 4. The number of amides is 1. The number of aromatic amines is 1. The fourth-order valence-electron chi connectivity index (χ4n) is 2.80. The molecule has 2 N–H and O–H groups in total. The van der Waals surface area contributed by atoms with Crippen LogP contribution in [0.2, 0.25) is 5.02 Å². The van der Waals surface area contributed by atoms with Gasteiger partial charge in [0.05, 0.1) is 28.6 Å². The Bertz CT molecular complexity index is 942. The highest BCUT2D eigenvalue weighted by atomic mass is 35.5. The minimum atomic E-state index is -0.196. The predicted octanol–water partition coefficient (Wildman–Crippen LogP) is 3.24. The topological polar surface area (TPSA) is 78.8 Å². The molecule has 0 saturated heterocycles. The van der Waals surface area contributed by atoms with Gasteiger partial charge in [-0.25, -0.2) is 0 Å². The Morgan fingerprint density at radius 3 is 2.56 bits per heavy atom. The molecule has 8 heteroatoms. The molecule has 0 fully saturated rings. The molecule has 0 unspecified atom stereocenters. The second-order valence-electron chi connectivity index (χ2n) is 6.81. The highest BCUT2D eigenvalue weighted by Crippen LogP contribution is 2.20. The van der Waals surface area contributed by atoms with Crippen molar-refractivity contribution >= 4 is 23.3 Å². The van der Waals surface area contributed by atoms with E-state index in [0.717, 1.165) is 29.2 Å². The average molecular weight is 387 g/mol. The van der Waals surface area contributed by atoms with Crippen LogP contribution < -0.4 is 5.32 Å². The van der Waals surface area contributed by atoms with E-state index in [1.165, 1.54) is 0 Å². The maximum Gasteiger partial charge on any atom is 0.256 e. The van der Waals surface area contributed by atoms with E-state index in [4.69, 9.17) is 11.6 Å². The first kappa shape index (κ1) is 19.1. The Morgan fingerprint density at radius 2 is 1.96 bits per heavy atom. The molecule has 0 atom stereocenters. The standard InChI is InChI=1S/C19H23ClN6O/c1-12-18(20)13(2)26(24-12)10-14-5-7-15(8-6-14)19(27)21-17-9-16(22-23-17)11-25(3)4/h5-9H,10-11H2,1-4H3,(H2,21,22,23,27). The van der Waals surface area contributed by atoms with Gasteiger partial charge in [0.25, 0.3) is 5.91 Å². The Balaban J connectivity index is 1.65. The molecule has 2 heterocycles. The monoisotopic (exact) mass is 386 g/mol. The summed E-state index contributed by atoms with van der Waals surface area (Å²) in [4.78, 5) is 14.4. The highest BCUT2D eigenvalue weighted by molar-refractivity contribution is 6.31. The normalized spacial score (nSPS) is 11.2. The number of hydrogen-bond donors (Lipinski definition) is 2. The van der Waals surface area contributed by atoms with Crippen LogP contribution in [0.3, 0.4) is 0 Å². The van der Waals surface area contributed by atoms with Gasteiger partial charge in [-0.3, -0.25) is 14.6 Å². The molecular formula is C19H23ClN6O. The zero-order chi connectivity index (χ0) is 19.6. The van der Waals surface area contributed by atoms with E-state index >= 15 is 0 Å². The van der Waals surface area contributed by atoms with Crippen LogP contribution in [-0.4, -0.2) is 44.9 Å². The van der Waals surface area contributed by atoms with Crippen molar-refractivity contribution in [1.29, 1.82) is 0 Å². The Morgan fingerprint density at radius 1 is 1.26 bits per heavy atom. The van der Waals surface area contributed by atoms with Gasteiger partial charge in [0.1, 0.15) is 0 Å². The van der Waals surface area contributed by atoms with E-state index in [-0.39, 0.29) is 5.91 Å².